The van der Waals surface area contributed by atoms with Crippen molar-refractivity contribution in [3.05, 3.63) is 48.0 Å². The summed E-state index contributed by atoms with van der Waals surface area (Å²) in [4.78, 5) is 0. The van der Waals surface area contributed by atoms with Crippen LogP contribution in [0.25, 0.3) is 10.8 Å². The molecule has 0 fully saturated rings. The fourth-order valence-corrected chi connectivity index (χ4v) is 1.76. The number of rotatable bonds is 1. The van der Waals surface area contributed by atoms with E-state index in [0.29, 0.717) is 4.20 Å². The zero-order valence-electron chi connectivity index (χ0n) is 7.86. The summed E-state index contributed by atoms with van der Waals surface area (Å²) in [5.74, 6) is 0. The monoisotopic (exact) mass is 226 g/mol. The van der Waals surface area contributed by atoms with E-state index in [1.54, 1.807) is 0 Å². The molecule has 0 atom stereocenters. The minimum Gasteiger partial charge on any atom is -0.428 e. The first-order valence-corrected chi connectivity index (χ1v) is 4.80. The van der Waals surface area contributed by atoms with Gasteiger partial charge in [0.15, 0.2) is 0 Å². The van der Waals surface area contributed by atoms with Gasteiger partial charge in [0.1, 0.15) is 0 Å². The zero-order valence-corrected chi connectivity index (χ0v) is 11.5. The average molecular weight is 226 g/mol. The average Bonchev–Trinajstić information content (AvgIpc) is 2.17. The quantitative estimate of drug-likeness (QED) is 0.383. The van der Waals surface area contributed by atoms with Crippen LogP contribution < -0.4 is 29.6 Å². The van der Waals surface area contributed by atoms with Gasteiger partial charge in [-0.3, -0.25) is 0 Å². The molecule has 64 valence electrons. The van der Waals surface area contributed by atoms with E-state index in [4.69, 9.17) is 24.8 Å². The van der Waals surface area contributed by atoms with Crippen molar-refractivity contribution in [3.63, 3.8) is 0 Å². The van der Waals surface area contributed by atoms with Crippen LogP contribution >= 0.6 is 12.2 Å². The van der Waals surface area contributed by atoms with Gasteiger partial charge in [0.2, 0.25) is 0 Å². The molecule has 2 aromatic carbocycles. The molecular weight excluding hydrogens is 219 g/mol. The Morgan fingerprint density at radius 2 is 1.64 bits per heavy atom. The van der Waals surface area contributed by atoms with Gasteiger partial charge < -0.3 is 24.8 Å². The molecule has 0 saturated carbocycles. The second-order valence-corrected chi connectivity index (χ2v) is 3.89. The van der Waals surface area contributed by atoms with Crippen LogP contribution in [0.5, 0.6) is 0 Å². The van der Waals surface area contributed by atoms with Crippen LogP contribution in [0.2, 0.25) is 0 Å². The van der Waals surface area contributed by atoms with E-state index in [-0.39, 0.29) is 29.6 Å². The first kappa shape index (κ1) is 12.1. The summed E-state index contributed by atoms with van der Waals surface area (Å²) in [7, 11) is 0. The predicted octanol–water partition coefficient (Wildman–Crippen LogP) is 0.0662. The van der Waals surface area contributed by atoms with Crippen molar-refractivity contribution in [1.82, 2.24) is 0 Å². The van der Waals surface area contributed by atoms with Crippen molar-refractivity contribution in [2.45, 2.75) is 0 Å². The van der Waals surface area contributed by atoms with Crippen LogP contribution in [0.15, 0.2) is 42.5 Å². The molecule has 0 amide bonds. The number of benzene rings is 2. The first-order chi connectivity index (χ1) is 6.29. The predicted molar refractivity (Wildman–Crippen MR) is 63.0 cm³/mol. The fraction of sp³-hybridized carbons (Fsp3) is 0. The third kappa shape index (κ3) is 2.33. The second-order valence-electron chi connectivity index (χ2n) is 2.81. The largest absolute Gasteiger partial charge is 1.00 e. The topological polar surface area (TPSA) is 0 Å². The van der Waals surface area contributed by atoms with Gasteiger partial charge in [-0.1, -0.05) is 42.5 Å². The Bertz CT molecular complexity index is 460. The fourth-order valence-electron chi connectivity index (χ4n) is 1.40. The molecule has 0 N–H and O–H groups in total. The van der Waals surface area contributed by atoms with E-state index in [2.05, 4.69) is 12.1 Å². The maximum absolute atomic E-state index is 5.00. The van der Waals surface area contributed by atoms with Gasteiger partial charge in [0.05, 0.1) is 0 Å². The first-order valence-electron chi connectivity index (χ1n) is 3.98. The molecule has 0 radical (unpaired) electrons. The Balaban J connectivity index is 0.000000980. The van der Waals surface area contributed by atoms with Crippen LogP contribution in [0.3, 0.4) is 0 Å². The molecule has 0 aliphatic rings. The van der Waals surface area contributed by atoms with Gasteiger partial charge in [-0.25, -0.2) is 0 Å². The maximum Gasteiger partial charge on any atom is 1.00 e. The third-order valence-corrected chi connectivity index (χ3v) is 2.45. The molecule has 0 unspecified atom stereocenters. The van der Waals surface area contributed by atoms with Crippen LogP contribution in [-0.4, -0.2) is 4.20 Å². The Kier molecular flexibility index (Phi) is 4.48. The Hall–Kier alpha value is 0.01000. The van der Waals surface area contributed by atoms with E-state index >= 15 is 0 Å². The standard InChI is InChI=1S/C11H8S2.Na/c12-11(13)10-7-3-5-8-4-1-2-6-9(8)10;/h1-7H,(H,12,13);/q;+1/p-1. The van der Waals surface area contributed by atoms with Crippen LogP contribution in [0, 0.1) is 0 Å². The van der Waals surface area contributed by atoms with Crippen LogP contribution in [-0.2, 0) is 12.6 Å². The van der Waals surface area contributed by atoms with E-state index in [0.717, 1.165) is 10.9 Å². The minimum atomic E-state index is 0. The summed E-state index contributed by atoms with van der Waals surface area (Å²) in [5.41, 5.74) is 0.989. The summed E-state index contributed by atoms with van der Waals surface area (Å²) in [6.07, 6.45) is 0. The van der Waals surface area contributed by atoms with Crippen molar-refractivity contribution < 1.29 is 29.6 Å². The Labute approximate surface area is 116 Å². The van der Waals surface area contributed by atoms with Gasteiger partial charge in [-0.15, -0.1) is 4.20 Å². The number of thiocarbonyl (C=S) groups is 1. The van der Waals surface area contributed by atoms with E-state index in [9.17, 15) is 0 Å². The third-order valence-electron chi connectivity index (χ3n) is 2.01. The van der Waals surface area contributed by atoms with E-state index in [1.807, 2.05) is 30.3 Å². The Morgan fingerprint density at radius 1 is 1.00 bits per heavy atom. The molecule has 0 aromatic heterocycles. The molecule has 3 heteroatoms. The van der Waals surface area contributed by atoms with Crippen molar-refractivity contribution in [3.8, 4) is 0 Å². The molecule has 14 heavy (non-hydrogen) atoms. The Morgan fingerprint density at radius 3 is 2.36 bits per heavy atom. The van der Waals surface area contributed by atoms with Crippen molar-refractivity contribution >= 4 is 39.8 Å². The van der Waals surface area contributed by atoms with Crippen molar-refractivity contribution in [2.24, 2.45) is 0 Å². The number of fused-ring (bicyclic) bond motifs is 1. The van der Waals surface area contributed by atoms with Gasteiger partial charge in [-0.05, 0) is 16.3 Å². The van der Waals surface area contributed by atoms with Crippen LogP contribution in [0.1, 0.15) is 5.56 Å². The molecule has 2 aromatic rings. The van der Waals surface area contributed by atoms with Gasteiger partial charge in [0.25, 0.3) is 0 Å². The molecule has 0 heterocycles. The molecule has 0 aliphatic heterocycles. The van der Waals surface area contributed by atoms with Gasteiger partial charge >= 0.3 is 29.6 Å². The number of hydrogen-bond donors (Lipinski definition) is 0. The molecule has 0 saturated heterocycles. The van der Waals surface area contributed by atoms with Crippen molar-refractivity contribution in [2.75, 3.05) is 0 Å². The maximum atomic E-state index is 5.00. The summed E-state index contributed by atoms with van der Waals surface area (Å²) in [6, 6.07) is 14.1. The smallest absolute Gasteiger partial charge is 0.428 e. The molecule has 0 bridgehead atoms. The zero-order chi connectivity index (χ0) is 9.26. The van der Waals surface area contributed by atoms with Crippen molar-refractivity contribution in [1.29, 1.82) is 0 Å². The second kappa shape index (κ2) is 5.19. The van der Waals surface area contributed by atoms with E-state index in [1.165, 1.54) is 5.39 Å². The van der Waals surface area contributed by atoms with Crippen LogP contribution in [0.4, 0.5) is 0 Å². The molecular formula is C11H7NaS2. The van der Waals surface area contributed by atoms with E-state index < -0.39 is 0 Å². The molecule has 2 rings (SSSR count). The van der Waals surface area contributed by atoms with Gasteiger partial charge in [-0.2, -0.15) is 0 Å². The summed E-state index contributed by atoms with van der Waals surface area (Å²) in [5, 5.41) is 2.33. The van der Waals surface area contributed by atoms with Gasteiger partial charge in [0, 0.05) is 0 Å². The molecule has 0 nitrogen and oxygen atoms in total. The summed E-state index contributed by atoms with van der Waals surface area (Å²) in [6.45, 7) is 0. The molecule has 0 spiro atoms. The SMILES string of the molecule is S=C([S-])c1cccc2ccccc12.[Na+]. The minimum absolute atomic E-state index is 0. The number of hydrogen-bond acceptors (Lipinski definition) is 2. The summed E-state index contributed by atoms with van der Waals surface area (Å²) >= 11 is 10.0. The molecule has 0 aliphatic carbocycles. The normalized spacial score (nSPS) is 9.43. The summed E-state index contributed by atoms with van der Waals surface area (Å²) < 4.78 is 0.539.